The third kappa shape index (κ3) is 4.61. The highest BCUT2D eigenvalue weighted by Gasteiger charge is 2.29. The maximum Gasteiger partial charge on any atom is 0.00453 e. The lowest BCUT2D eigenvalue weighted by atomic mass is 9.71. The van der Waals surface area contributed by atoms with Crippen LogP contribution in [0.15, 0.2) is 17.5 Å². The minimum atomic E-state index is 0.919. The largest absolute Gasteiger partial charge is 0.317 e. The lowest BCUT2D eigenvalue weighted by molar-refractivity contribution is 0.164. The molecule has 1 aromatic rings. The summed E-state index contributed by atoms with van der Waals surface area (Å²) in [5.74, 6) is 2.86. The number of hydrogen-bond donors (Lipinski definition) is 1. The van der Waals surface area contributed by atoms with Gasteiger partial charge in [-0.15, -0.1) is 11.3 Å². The second kappa shape index (κ2) is 8.06. The average Bonchev–Trinajstić information content (AvgIpc) is 2.96. The first-order valence-corrected chi connectivity index (χ1v) is 8.94. The summed E-state index contributed by atoms with van der Waals surface area (Å²) in [4.78, 5) is 1.57. The highest BCUT2D eigenvalue weighted by atomic mass is 32.1. The molecule has 3 atom stereocenters. The van der Waals surface area contributed by atoms with Gasteiger partial charge in [0, 0.05) is 4.88 Å². The quantitative estimate of drug-likeness (QED) is 0.760. The molecule has 1 saturated carbocycles. The van der Waals surface area contributed by atoms with Crippen molar-refractivity contribution in [2.24, 2.45) is 17.8 Å². The van der Waals surface area contributed by atoms with E-state index in [1.807, 2.05) is 11.3 Å². The third-order valence-corrected chi connectivity index (χ3v) is 5.76. The van der Waals surface area contributed by atoms with E-state index in [9.17, 15) is 0 Å². The Bertz CT molecular complexity index is 333. The first kappa shape index (κ1) is 15.1. The Labute approximate surface area is 122 Å². The monoisotopic (exact) mass is 279 g/mol. The molecular weight excluding hydrogens is 250 g/mol. The van der Waals surface area contributed by atoms with Gasteiger partial charge in [0.25, 0.3) is 0 Å². The maximum atomic E-state index is 3.58. The Morgan fingerprint density at radius 3 is 2.84 bits per heavy atom. The molecule has 3 unspecified atom stereocenters. The summed E-state index contributed by atoms with van der Waals surface area (Å²) in [5, 5.41) is 5.79. The summed E-state index contributed by atoms with van der Waals surface area (Å²) in [6, 6.07) is 4.48. The summed E-state index contributed by atoms with van der Waals surface area (Å²) in [6.07, 6.45) is 8.44. The van der Waals surface area contributed by atoms with Crippen LogP contribution in [0.4, 0.5) is 0 Å². The van der Waals surface area contributed by atoms with Crippen LogP contribution >= 0.6 is 11.3 Å². The zero-order chi connectivity index (χ0) is 13.5. The normalized spacial score (nSPS) is 27.6. The van der Waals surface area contributed by atoms with Crippen molar-refractivity contribution in [3.63, 3.8) is 0 Å². The lowest BCUT2D eigenvalue weighted by Crippen LogP contribution is -2.33. The summed E-state index contributed by atoms with van der Waals surface area (Å²) < 4.78 is 0. The van der Waals surface area contributed by atoms with Crippen molar-refractivity contribution in [1.29, 1.82) is 0 Å². The molecule has 2 rings (SSSR count). The minimum absolute atomic E-state index is 0.919. The van der Waals surface area contributed by atoms with Crippen LogP contribution in [0.25, 0.3) is 0 Å². The van der Waals surface area contributed by atoms with Gasteiger partial charge in [-0.25, -0.2) is 0 Å². The van der Waals surface area contributed by atoms with Crippen molar-refractivity contribution in [2.75, 3.05) is 13.1 Å². The van der Waals surface area contributed by atoms with E-state index < -0.39 is 0 Å². The second-order valence-electron chi connectivity index (χ2n) is 6.03. The molecule has 0 aromatic carbocycles. The molecule has 0 aliphatic heterocycles. The molecule has 0 saturated heterocycles. The van der Waals surface area contributed by atoms with Crippen LogP contribution < -0.4 is 5.32 Å². The van der Waals surface area contributed by atoms with Crippen LogP contribution in [0, 0.1) is 17.8 Å². The Kier molecular flexibility index (Phi) is 6.39. The third-order valence-electron chi connectivity index (χ3n) is 4.82. The zero-order valence-corrected chi connectivity index (χ0v) is 13.3. The van der Waals surface area contributed by atoms with Gasteiger partial charge < -0.3 is 5.32 Å². The molecule has 1 nitrogen and oxygen atoms in total. The van der Waals surface area contributed by atoms with Crippen molar-refractivity contribution >= 4 is 11.3 Å². The van der Waals surface area contributed by atoms with Gasteiger partial charge in [-0.05, 0) is 68.0 Å². The van der Waals surface area contributed by atoms with Crippen molar-refractivity contribution in [3.05, 3.63) is 22.4 Å². The fraction of sp³-hybridized carbons (Fsp3) is 0.765. The summed E-state index contributed by atoms with van der Waals surface area (Å²) in [5.41, 5.74) is 0. The Morgan fingerprint density at radius 1 is 1.26 bits per heavy atom. The van der Waals surface area contributed by atoms with E-state index in [0.29, 0.717) is 0 Å². The minimum Gasteiger partial charge on any atom is -0.317 e. The number of hydrogen-bond acceptors (Lipinski definition) is 2. The smallest absolute Gasteiger partial charge is 0.00453 e. The van der Waals surface area contributed by atoms with Gasteiger partial charge in [-0.1, -0.05) is 32.8 Å². The predicted molar refractivity (Wildman–Crippen MR) is 85.8 cm³/mol. The molecule has 1 N–H and O–H groups in total. The van der Waals surface area contributed by atoms with Crippen LogP contribution in [0.3, 0.4) is 0 Å². The molecule has 1 aliphatic carbocycles. The highest BCUT2D eigenvalue weighted by Crippen LogP contribution is 2.37. The molecule has 0 amide bonds. The molecule has 0 bridgehead atoms. The van der Waals surface area contributed by atoms with Crippen molar-refractivity contribution in [3.8, 4) is 0 Å². The molecule has 1 aliphatic rings. The van der Waals surface area contributed by atoms with Crippen molar-refractivity contribution in [1.82, 2.24) is 5.32 Å². The molecule has 19 heavy (non-hydrogen) atoms. The van der Waals surface area contributed by atoms with Gasteiger partial charge in [0.2, 0.25) is 0 Å². The van der Waals surface area contributed by atoms with Gasteiger partial charge in [0.15, 0.2) is 0 Å². The van der Waals surface area contributed by atoms with E-state index in [1.54, 1.807) is 4.88 Å². The zero-order valence-electron chi connectivity index (χ0n) is 12.5. The summed E-state index contributed by atoms with van der Waals surface area (Å²) in [6.45, 7) is 6.94. The van der Waals surface area contributed by atoms with Gasteiger partial charge in [-0.3, -0.25) is 0 Å². The fourth-order valence-electron chi connectivity index (χ4n) is 3.53. The van der Waals surface area contributed by atoms with E-state index in [1.165, 1.54) is 45.1 Å². The first-order chi connectivity index (χ1) is 9.33. The fourth-order valence-corrected chi connectivity index (χ4v) is 4.25. The Balaban J connectivity index is 1.86. The van der Waals surface area contributed by atoms with Crippen LogP contribution in [-0.4, -0.2) is 13.1 Å². The molecule has 0 radical (unpaired) electrons. The van der Waals surface area contributed by atoms with Crippen LogP contribution in [0.2, 0.25) is 0 Å². The SMILES string of the molecule is CCNCC1CCC(CC)CC1CCc1cccs1. The average molecular weight is 279 g/mol. The number of nitrogens with one attached hydrogen (secondary N) is 1. The second-order valence-corrected chi connectivity index (χ2v) is 7.07. The first-order valence-electron chi connectivity index (χ1n) is 8.06. The molecule has 1 fully saturated rings. The standard InChI is InChI=1S/C17H29NS/c1-3-14-7-8-16(13-18-4-2)15(12-14)9-10-17-6-5-11-19-17/h5-6,11,14-16,18H,3-4,7-10,12-13H2,1-2H3. The van der Waals surface area contributed by atoms with Gasteiger partial charge in [0.1, 0.15) is 0 Å². The van der Waals surface area contributed by atoms with Gasteiger partial charge in [-0.2, -0.15) is 0 Å². The van der Waals surface area contributed by atoms with Crippen LogP contribution in [0.5, 0.6) is 0 Å². The molecule has 1 aromatic heterocycles. The van der Waals surface area contributed by atoms with E-state index in [0.717, 1.165) is 24.3 Å². The number of thiophene rings is 1. The van der Waals surface area contributed by atoms with E-state index in [-0.39, 0.29) is 0 Å². The van der Waals surface area contributed by atoms with Crippen LogP contribution in [-0.2, 0) is 6.42 Å². The lowest BCUT2D eigenvalue weighted by Gasteiger charge is -2.36. The van der Waals surface area contributed by atoms with Crippen molar-refractivity contribution < 1.29 is 0 Å². The highest BCUT2D eigenvalue weighted by molar-refractivity contribution is 7.09. The van der Waals surface area contributed by atoms with Crippen LogP contribution in [0.1, 0.15) is 50.8 Å². The predicted octanol–water partition coefficient (Wildman–Crippen LogP) is 4.73. The van der Waals surface area contributed by atoms with E-state index in [4.69, 9.17) is 0 Å². The molecule has 2 heteroatoms. The summed E-state index contributed by atoms with van der Waals surface area (Å²) in [7, 11) is 0. The molecule has 1 heterocycles. The topological polar surface area (TPSA) is 12.0 Å². The maximum absolute atomic E-state index is 3.58. The molecular formula is C17H29NS. The van der Waals surface area contributed by atoms with E-state index in [2.05, 4.69) is 36.7 Å². The molecule has 108 valence electrons. The van der Waals surface area contributed by atoms with Gasteiger partial charge in [0.05, 0.1) is 0 Å². The Hall–Kier alpha value is -0.340. The van der Waals surface area contributed by atoms with Crippen molar-refractivity contribution in [2.45, 2.75) is 52.4 Å². The Morgan fingerprint density at radius 2 is 2.16 bits per heavy atom. The summed E-state index contributed by atoms with van der Waals surface area (Å²) >= 11 is 1.92. The number of rotatable bonds is 7. The van der Waals surface area contributed by atoms with Gasteiger partial charge >= 0.3 is 0 Å². The molecule has 0 spiro atoms. The van der Waals surface area contributed by atoms with E-state index >= 15 is 0 Å². The number of aryl methyl sites for hydroxylation is 1.